The summed E-state index contributed by atoms with van der Waals surface area (Å²) >= 11 is 0. The molecule has 7 rings (SSSR count). The molecule has 0 unspecified atom stereocenters. The van der Waals surface area contributed by atoms with Crippen molar-refractivity contribution in [3.63, 3.8) is 0 Å². The maximum Gasteiger partial charge on any atom is 0.416 e. The summed E-state index contributed by atoms with van der Waals surface area (Å²) in [6, 6.07) is 19.6. The summed E-state index contributed by atoms with van der Waals surface area (Å²) in [5, 5.41) is 21.5. The van der Waals surface area contributed by atoms with Gasteiger partial charge in [0, 0.05) is 21.5 Å². The van der Waals surface area contributed by atoms with E-state index in [0.29, 0.717) is 54.8 Å². The lowest BCUT2D eigenvalue weighted by molar-refractivity contribution is -0.138. The number of benzene rings is 4. The molecule has 0 aliphatic rings. The van der Waals surface area contributed by atoms with E-state index in [9.17, 15) is 36.9 Å². The van der Waals surface area contributed by atoms with Gasteiger partial charge in [-0.15, -0.1) is 0 Å². The van der Waals surface area contributed by atoms with E-state index in [1.54, 1.807) is 54.9 Å². The van der Waals surface area contributed by atoms with Crippen LogP contribution in [0.15, 0.2) is 94.9 Å². The van der Waals surface area contributed by atoms with Crippen molar-refractivity contribution in [1.29, 1.82) is 10.5 Å². The van der Waals surface area contributed by atoms with E-state index in [-0.39, 0.29) is 21.7 Å². The zero-order valence-corrected chi connectivity index (χ0v) is 23.0. The highest BCUT2D eigenvalue weighted by Crippen LogP contribution is 2.35. The molecule has 0 bridgehead atoms. The van der Waals surface area contributed by atoms with Gasteiger partial charge in [-0.25, -0.2) is 9.97 Å². The Bertz CT molecular complexity index is 2580. The summed E-state index contributed by atoms with van der Waals surface area (Å²) in [6.45, 7) is 0. The molecular weight excluding hydrogens is 606 g/mol. The minimum atomic E-state index is -4.53. The molecule has 0 radical (unpaired) electrons. The first-order valence-corrected chi connectivity index (χ1v) is 13.5. The van der Waals surface area contributed by atoms with E-state index in [1.165, 1.54) is 18.2 Å². The lowest BCUT2D eigenvalue weighted by Gasteiger charge is -2.09. The molecule has 7 aromatic rings. The monoisotopic (exact) mass is 620 g/mol. The van der Waals surface area contributed by atoms with Crippen LogP contribution in [0.4, 0.5) is 26.3 Å². The van der Waals surface area contributed by atoms with Gasteiger partial charge in [0.2, 0.25) is 12.4 Å². The first kappa shape index (κ1) is 28.6. The Morgan fingerprint density at radius 1 is 0.478 bits per heavy atom. The van der Waals surface area contributed by atoms with Gasteiger partial charge in [-0.05, 0) is 58.7 Å². The standard InChI is InChI=1S/C34H14F6N6/c35-33(36,37)21-8-4-17(5-9-21)19-6-10-23-25(13-19)27(43-15-41)31-29(23)45-32-28(44-16-42)26-14-20(7-11-24(26)30(32)46-31)18-2-1-3-22(12-18)34(38,39)40/h1-14H/b43-27-,44-28+. The van der Waals surface area contributed by atoms with Gasteiger partial charge in [-0.3, -0.25) is 0 Å². The molecule has 12 heteroatoms. The van der Waals surface area contributed by atoms with Crippen LogP contribution in [0.3, 0.4) is 0 Å². The summed E-state index contributed by atoms with van der Waals surface area (Å²) in [7, 11) is 0. The van der Waals surface area contributed by atoms with Crippen molar-refractivity contribution < 1.29 is 26.3 Å². The highest BCUT2D eigenvalue weighted by Gasteiger charge is 2.31. The second kappa shape index (κ2) is 10.2. The summed E-state index contributed by atoms with van der Waals surface area (Å²) < 4.78 is 79.4. The highest BCUT2D eigenvalue weighted by molar-refractivity contribution is 6.15. The quantitative estimate of drug-likeness (QED) is 0.144. The molecule has 1 heterocycles. The molecule has 222 valence electrons. The molecule has 0 N–H and O–H groups in total. The smallest absolute Gasteiger partial charge is 0.241 e. The minimum Gasteiger partial charge on any atom is -0.241 e. The third-order valence-electron chi connectivity index (χ3n) is 7.80. The van der Waals surface area contributed by atoms with Crippen molar-refractivity contribution in [3.05, 3.63) is 107 Å². The number of halogens is 6. The molecular formula is C34H14F6N6. The molecule has 46 heavy (non-hydrogen) atoms. The maximum atomic E-state index is 13.4. The predicted octanol–water partition coefficient (Wildman–Crippen LogP) is 8.10. The third-order valence-corrected chi connectivity index (χ3v) is 7.80. The van der Waals surface area contributed by atoms with Gasteiger partial charge in [0.05, 0.1) is 22.2 Å². The van der Waals surface area contributed by atoms with Crippen LogP contribution in [0, 0.1) is 22.9 Å². The van der Waals surface area contributed by atoms with Crippen LogP contribution < -0.4 is 10.7 Å². The zero-order chi connectivity index (χ0) is 32.4. The maximum absolute atomic E-state index is 13.4. The molecule has 0 spiro atoms. The third kappa shape index (κ3) is 4.59. The van der Waals surface area contributed by atoms with E-state index >= 15 is 0 Å². The van der Waals surface area contributed by atoms with Gasteiger partial charge in [0.15, 0.2) is 0 Å². The molecule has 0 amide bonds. The Balaban J connectivity index is 1.46. The zero-order valence-electron chi connectivity index (χ0n) is 23.0. The van der Waals surface area contributed by atoms with Crippen molar-refractivity contribution in [2.75, 3.05) is 0 Å². The van der Waals surface area contributed by atoms with Crippen LogP contribution in [-0.2, 0) is 12.4 Å². The summed E-state index contributed by atoms with van der Waals surface area (Å²) in [5.74, 6) is 0. The lowest BCUT2D eigenvalue weighted by Crippen LogP contribution is -2.04. The van der Waals surface area contributed by atoms with Crippen molar-refractivity contribution in [3.8, 4) is 34.6 Å². The summed E-state index contributed by atoms with van der Waals surface area (Å²) in [6.07, 6.45) is -5.45. The number of rotatable bonds is 2. The first-order chi connectivity index (χ1) is 22.0. The summed E-state index contributed by atoms with van der Waals surface area (Å²) in [5.41, 5.74) is 1.55. The average Bonchev–Trinajstić information content (AvgIpc) is 3.50. The Hall–Kier alpha value is -6.14. The fourth-order valence-electron chi connectivity index (χ4n) is 5.70. The molecule has 0 aliphatic carbocycles. The van der Waals surface area contributed by atoms with E-state index in [4.69, 9.17) is 9.97 Å². The predicted molar refractivity (Wildman–Crippen MR) is 158 cm³/mol. The number of hydrogen-bond acceptors (Lipinski definition) is 6. The average molecular weight is 621 g/mol. The Labute approximate surface area is 254 Å². The highest BCUT2D eigenvalue weighted by atomic mass is 19.4. The second-order valence-electron chi connectivity index (χ2n) is 10.4. The minimum absolute atomic E-state index is 0.185. The summed E-state index contributed by atoms with van der Waals surface area (Å²) in [4.78, 5) is 17.6. The number of fused-ring (bicyclic) bond motifs is 6. The van der Waals surface area contributed by atoms with E-state index in [0.717, 1.165) is 24.3 Å². The van der Waals surface area contributed by atoms with Gasteiger partial charge in [-0.1, -0.05) is 48.5 Å². The number of hydrogen-bond donors (Lipinski definition) is 0. The molecule has 0 atom stereocenters. The Morgan fingerprint density at radius 2 is 0.935 bits per heavy atom. The van der Waals surface area contributed by atoms with Crippen molar-refractivity contribution in [2.24, 2.45) is 9.98 Å². The van der Waals surface area contributed by atoms with E-state index in [2.05, 4.69) is 9.98 Å². The fourth-order valence-corrected chi connectivity index (χ4v) is 5.70. The molecule has 0 saturated heterocycles. The molecule has 1 aromatic heterocycles. The largest absolute Gasteiger partial charge is 0.416 e. The first-order valence-electron chi connectivity index (χ1n) is 13.5. The van der Waals surface area contributed by atoms with Gasteiger partial charge in [0.1, 0.15) is 21.7 Å². The van der Waals surface area contributed by atoms with Crippen LogP contribution in [0.25, 0.3) is 65.9 Å². The topological polar surface area (TPSA) is 98.1 Å². The van der Waals surface area contributed by atoms with Crippen LogP contribution >= 0.6 is 0 Å². The number of alkyl halides is 6. The van der Waals surface area contributed by atoms with Gasteiger partial charge in [0.25, 0.3) is 0 Å². The van der Waals surface area contributed by atoms with Crippen LogP contribution in [0.5, 0.6) is 0 Å². The Kier molecular flexibility index (Phi) is 6.35. The fraction of sp³-hybridized carbons (Fsp3) is 0.0588. The van der Waals surface area contributed by atoms with Crippen molar-refractivity contribution >= 4 is 43.6 Å². The number of aromatic nitrogens is 2. The normalized spacial score (nSPS) is 13.2. The number of nitriles is 2. The van der Waals surface area contributed by atoms with E-state index in [1.807, 2.05) is 0 Å². The van der Waals surface area contributed by atoms with Gasteiger partial charge in [-0.2, -0.15) is 46.9 Å². The van der Waals surface area contributed by atoms with Crippen molar-refractivity contribution in [2.45, 2.75) is 12.4 Å². The van der Waals surface area contributed by atoms with Crippen LogP contribution in [-0.4, -0.2) is 9.97 Å². The van der Waals surface area contributed by atoms with E-state index < -0.39 is 23.5 Å². The van der Waals surface area contributed by atoms with Gasteiger partial charge >= 0.3 is 12.4 Å². The van der Waals surface area contributed by atoms with Crippen LogP contribution in [0.1, 0.15) is 11.1 Å². The molecule has 0 fully saturated rings. The van der Waals surface area contributed by atoms with Gasteiger partial charge < -0.3 is 0 Å². The molecule has 6 nitrogen and oxygen atoms in total. The molecule has 0 aliphatic heterocycles. The molecule has 0 saturated carbocycles. The van der Waals surface area contributed by atoms with Crippen LogP contribution in [0.2, 0.25) is 0 Å². The Morgan fingerprint density at radius 3 is 1.41 bits per heavy atom. The second-order valence-corrected chi connectivity index (χ2v) is 10.4. The SMILES string of the molecule is N#C/N=c1/c2cc(-c3ccc(C(F)(F)F)cc3)ccc2c2nc3/c(=N/C#N)c4cc(-c5cccc(C(F)(F)F)c5)ccc4c3nc12. The number of nitrogens with zero attached hydrogens (tertiary/aromatic N) is 6. The lowest BCUT2D eigenvalue weighted by atomic mass is 10.0. The van der Waals surface area contributed by atoms with Crippen molar-refractivity contribution in [1.82, 2.24) is 9.97 Å². The molecule has 6 aromatic carbocycles.